The predicted octanol–water partition coefficient (Wildman–Crippen LogP) is 7.60. The Hall–Kier alpha value is -7.80. The monoisotopic (exact) mass is 1650 g/mol. The molecule has 6 aromatic rings. The van der Waals surface area contributed by atoms with Crippen molar-refractivity contribution in [2.45, 2.75) is 229 Å². The van der Waals surface area contributed by atoms with Crippen LogP contribution in [0, 0.1) is 57.8 Å². The molecule has 2 aliphatic carbocycles. The zero-order valence-corrected chi connectivity index (χ0v) is 75.6. The molecule has 2 saturated carbocycles. The molecule has 19 atom stereocenters. The van der Waals surface area contributed by atoms with Crippen molar-refractivity contribution in [2.75, 3.05) is 104 Å². The molecule has 5 N–H and O–H groups in total. The number of piperidine rings is 1. The number of aryl methyl sites for hydroxylation is 4. The number of aliphatic hydroxyl groups is 3. The summed E-state index contributed by atoms with van der Waals surface area (Å²) in [7, 11) is 6.63. The van der Waals surface area contributed by atoms with Crippen LogP contribution in [0.1, 0.15) is 180 Å². The van der Waals surface area contributed by atoms with Crippen molar-refractivity contribution in [3.05, 3.63) is 171 Å². The number of likely N-dealkylation sites (N-methyl/N-ethyl adjacent to an activating group) is 2. The number of anilines is 2. The summed E-state index contributed by atoms with van der Waals surface area (Å²) in [5.41, 5.74) is 12.0. The van der Waals surface area contributed by atoms with Gasteiger partial charge in [0.1, 0.15) is 0 Å². The summed E-state index contributed by atoms with van der Waals surface area (Å²) >= 11 is 0. The second kappa shape index (κ2) is 33.4. The van der Waals surface area contributed by atoms with Gasteiger partial charge in [0.25, 0.3) is 0 Å². The van der Waals surface area contributed by atoms with Crippen LogP contribution in [-0.4, -0.2) is 236 Å². The van der Waals surface area contributed by atoms with Crippen LogP contribution in [0.4, 0.5) is 11.4 Å². The molecule has 4 unspecified atom stereocenters. The molecule has 635 valence electrons. The molecule has 2 aromatic heterocycles. The minimum absolute atomic E-state index is 0. The molecule has 10 aliphatic heterocycles. The predicted molar refractivity (Wildman–Crippen MR) is 455 cm³/mol. The van der Waals surface area contributed by atoms with E-state index in [4.69, 9.17) is 38.1 Å². The van der Waals surface area contributed by atoms with E-state index in [1.807, 2.05) is 14.1 Å². The van der Waals surface area contributed by atoms with Gasteiger partial charge in [-0.3, -0.25) is 29.2 Å². The molecule has 5 fully saturated rings. The van der Waals surface area contributed by atoms with E-state index in [0.717, 1.165) is 145 Å². The molecule has 25 heteroatoms. The number of esters is 4. The Balaban J connectivity index is 0.000000202. The summed E-state index contributed by atoms with van der Waals surface area (Å²) in [6.07, 6.45) is 18.2. The van der Waals surface area contributed by atoms with Crippen LogP contribution >= 0.6 is 0 Å². The van der Waals surface area contributed by atoms with Crippen molar-refractivity contribution in [3.63, 3.8) is 0 Å². The fourth-order valence-electron chi connectivity index (χ4n) is 26.8. The molecule has 12 aliphatic rings. The van der Waals surface area contributed by atoms with E-state index >= 15 is 0 Å². The topological polar surface area (TPSA) is 285 Å². The normalized spacial score (nSPS) is 34.7. The number of H-pyrrole nitrogens is 2. The van der Waals surface area contributed by atoms with Crippen molar-refractivity contribution in [1.82, 2.24) is 29.6 Å². The summed E-state index contributed by atoms with van der Waals surface area (Å²) in [5, 5.41) is 41.0. The smallest absolute Gasteiger partial charge is 0.467 e. The maximum atomic E-state index is 14.3. The van der Waals surface area contributed by atoms with Crippen molar-refractivity contribution >= 4 is 77.8 Å². The fraction of sp³-hybridized carbons (Fsp3) is 0.568. The Morgan fingerprint density at radius 1 is 0.567 bits per heavy atom. The van der Waals surface area contributed by atoms with E-state index < -0.39 is 92.0 Å². The van der Waals surface area contributed by atoms with Crippen LogP contribution in [0.2, 0.25) is 0 Å². The molecule has 4 aromatic carbocycles. The van der Waals surface area contributed by atoms with Crippen LogP contribution in [0.5, 0.6) is 0 Å². The molecule has 18 rings (SSSR count). The second-order valence-corrected chi connectivity index (χ2v) is 37.0. The SMILES string of the molecule is CCC1=C[C@@H]2CN(CCc3c([nH]c4ccc(C)cc34)[C@@](C)(c3cc4c(cc3C)N(C)C3[C@]45CCN4CC=C[C@@](CC)([C@@H](OC(C)=O)[C@]3(O)C(=O)OC)[C@H]45)C2)C1.CC[C@]1(O)C[C@@H]2CN(CCc3c([nH]c4ccc(C)cc34)[C@@](C)(c3cc4c(cc3C)N(C)C3[C@]45CCN4CC=C[C@@](CC)([C@@H](OC(C)=O)[C@]3(O)C(=O)OC)[C@H]45)C2)C1.O=C=O.O=C=O.[B].[CH3-].[Na+]. The third-order valence-electron chi connectivity index (χ3n) is 30.9. The zero-order valence-electron chi connectivity index (χ0n) is 73.6. The number of aromatic nitrogens is 2. The Morgan fingerprint density at radius 3 is 1.41 bits per heavy atom. The molecule has 4 bridgehead atoms. The Kier molecular flexibility index (Phi) is 25.4. The molecular weight excluding hydrogens is 1530 g/mol. The van der Waals surface area contributed by atoms with E-state index in [1.165, 1.54) is 106 Å². The summed E-state index contributed by atoms with van der Waals surface area (Å²) in [6, 6.07) is 21.3. The minimum atomic E-state index is -2.16. The number of carbonyl (C=O) groups excluding carboxylic acids is 8. The minimum Gasteiger partial charge on any atom is -0.467 e. The Morgan fingerprint density at radius 2 is 1.00 bits per heavy atom. The van der Waals surface area contributed by atoms with Crippen molar-refractivity contribution in [2.24, 2.45) is 22.7 Å². The van der Waals surface area contributed by atoms with E-state index in [-0.39, 0.29) is 81.1 Å². The number of hydrogen-bond acceptors (Lipinski definition) is 21. The van der Waals surface area contributed by atoms with Gasteiger partial charge >= 0.3 is 65.7 Å². The first-order valence-electron chi connectivity index (χ1n) is 42.3. The molecule has 23 nitrogen and oxygen atoms in total. The number of nitrogens with one attached hydrogen (secondary N) is 2. The summed E-state index contributed by atoms with van der Waals surface area (Å²) in [4.78, 5) is 109. The van der Waals surface area contributed by atoms with Gasteiger partial charge in [0.05, 0.1) is 31.9 Å². The van der Waals surface area contributed by atoms with Gasteiger partial charge in [-0.2, -0.15) is 19.2 Å². The Bertz CT molecular complexity index is 5170. The zero-order chi connectivity index (χ0) is 84.0. The number of benzene rings is 4. The summed E-state index contributed by atoms with van der Waals surface area (Å²) < 4.78 is 23.4. The van der Waals surface area contributed by atoms with Gasteiger partial charge in [0.2, 0.25) is 11.2 Å². The molecule has 3 saturated heterocycles. The van der Waals surface area contributed by atoms with Crippen LogP contribution in [0.15, 0.2) is 96.6 Å². The van der Waals surface area contributed by atoms with Crippen molar-refractivity contribution < 1.29 is 102 Å². The first-order chi connectivity index (χ1) is 55.7. The fourth-order valence-corrected chi connectivity index (χ4v) is 26.8. The van der Waals surface area contributed by atoms with Gasteiger partial charge in [0.15, 0.2) is 12.2 Å². The van der Waals surface area contributed by atoms with Crippen LogP contribution < -0.4 is 39.4 Å². The number of hydrogen-bond donors (Lipinski definition) is 5. The maximum Gasteiger partial charge on any atom is 1.00 e. The number of aromatic amines is 2. The number of carbonyl (C=O) groups is 4. The van der Waals surface area contributed by atoms with Crippen LogP contribution in [0.3, 0.4) is 0 Å². The largest absolute Gasteiger partial charge is 1.00 e. The third-order valence-corrected chi connectivity index (χ3v) is 30.9. The van der Waals surface area contributed by atoms with E-state index in [1.54, 1.807) is 0 Å². The number of ether oxygens (including phenoxy) is 4. The summed E-state index contributed by atoms with van der Waals surface area (Å²) in [5.74, 6) is -1.95. The third kappa shape index (κ3) is 13.4. The first kappa shape index (κ1) is 91.4. The van der Waals surface area contributed by atoms with Gasteiger partial charge in [-0.25, -0.2) is 9.59 Å². The first-order valence-corrected chi connectivity index (χ1v) is 42.3. The molecule has 120 heavy (non-hydrogen) atoms. The average Bonchev–Trinajstić information content (AvgIpc) is 1.47. The number of rotatable bonds is 10. The van der Waals surface area contributed by atoms with Gasteiger partial charge < -0.3 is 61.5 Å². The molecule has 0 amide bonds. The van der Waals surface area contributed by atoms with Gasteiger partial charge in [-0.15, -0.1) is 0 Å². The van der Waals surface area contributed by atoms with E-state index in [0.29, 0.717) is 25.3 Å². The Labute approximate surface area is 730 Å². The molecule has 2 spiro atoms. The quantitative estimate of drug-likeness (QED) is 0.0290. The molecular formula is C95H121BN8NaO15. The number of nitrogens with zero attached hydrogens (tertiary/aromatic N) is 6. The second-order valence-electron chi connectivity index (χ2n) is 37.0. The van der Waals surface area contributed by atoms with E-state index in [9.17, 15) is 34.5 Å². The van der Waals surface area contributed by atoms with Crippen molar-refractivity contribution in [3.8, 4) is 0 Å². The van der Waals surface area contributed by atoms with Gasteiger partial charge in [-0.05, 0) is 218 Å². The maximum absolute atomic E-state index is 14.3. The number of methoxy groups -OCH3 is 2. The van der Waals surface area contributed by atoms with Crippen LogP contribution in [-0.2, 0) is 91.8 Å². The van der Waals surface area contributed by atoms with Gasteiger partial charge in [-0.1, -0.05) is 99.0 Å². The van der Waals surface area contributed by atoms with Crippen LogP contribution in [0.25, 0.3) is 21.8 Å². The molecule has 12 heterocycles. The summed E-state index contributed by atoms with van der Waals surface area (Å²) in [6.45, 7) is 33.7. The van der Waals surface area contributed by atoms with E-state index in [2.05, 4.69) is 200 Å². The average molecular weight is 1650 g/mol. The van der Waals surface area contributed by atoms with Crippen molar-refractivity contribution in [1.29, 1.82) is 0 Å². The molecule has 3 radical (unpaired) electrons. The number of fused-ring (bicyclic) bond motifs is 12. The standard InChI is InChI=1S/C46H60N4O6.C46H58N4O5.2CO2.CH3.B.Na/c1-9-43(53)24-30-23-42(6,37-31(14-18-49(25-30)26-43)32-20-27(3)12-13-35(32)47-37)33-22-34-36(21-28(33)4)48(7)39-45(34)16-19-50-17-11-15-44(10-2,38(45)50)40(56-29(5)51)46(39,54)41(52)55-8;1-9-30-22-31-24-43(6,38-32(14-18-49(25-30)26-31)33-20-27(3)12-13-36(33)47-38)34-23-35-37(21-28(34)4)48(7)40-45(35)16-19-50-17-11-15-44(10-2,39(45)50)41(55-29(5)51)46(40,53)42(52)54-8;2*2-1-3;;;/h11-13,15,20-22,30,38-40,47,53-54H,9-10,14,16-19,23-26H2,1-8H3;11-13,15,20-23,31,39-41,47,53H,9-10,14,16-19,24-26H2,1-8H3;;;1H3;;/q;;;;-1;;+1/t30-,38+,39?,40-,42-,43+,44-,45-,46+;31-,39-,40?,41+,43+,44+,45+,46-;;;;;/m10...../s1. The van der Waals surface area contributed by atoms with Gasteiger partial charge in [0, 0.05) is 178 Å².